The van der Waals surface area contributed by atoms with Crippen molar-refractivity contribution in [2.45, 2.75) is 11.5 Å². The maximum atomic E-state index is 12.4. The van der Waals surface area contributed by atoms with Gasteiger partial charge in [-0.25, -0.2) is 8.42 Å². The molecule has 4 N–H and O–H groups in total. The first kappa shape index (κ1) is 15.1. The Kier molecular flexibility index (Phi) is 4.35. The van der Waals surface area contributed by atoms with Crippen molar-refractivity contribution in [3.8, 4) is 5.75 Å². The van der Waals surface area contributed by atoms with Gasteiger partial charge in [0.15, 0.2) is 0 Å². The third-order valence-electron chi connectivity index (χ3n) is 2.87. The zero-order chi connectivity index (χ0) is 15.5. The number of ether oxygens (including phenoxy) is 1. The zero-order valence-electron chi connectivity index (χ0n) is 11.4. The van der Waals surface area contributed by atoms with Gasteiger partial charge in [0.2, 0.25) is 0 Å². The molecule has 2 aromatic rings. The lowest BCUT2D eigenvalue weighted by Gasteiger charge is -2.12. The van der Waals surface area contributed by atoms with Crippen LogP contribution >= 0.6 is 0 Å². The second kappa shape index (κ2) is 6.02. The van der Waals surface area contributed by atoms with Gasteiger partial charge in [0, 0.05) is 17.4 Å². The van der Waals surface area contributed by atoms with Gasteiger partial charge in [-0.3, -0.25) is 4.72 Å². The molecule has 21 heavy (non-hydrogen) atoms. The number of aliphatic hydroxyl groups is 1. The predicted octanol–water partition coefficient (Wildman–Crippen LogP) is 1.57. The van der Waals surface area contributed by atoms with Gasteiger partial charge in [-0.1, -0.05) is 12.1 Å². The lowest BCUT2D eigenvalue weighted by molar-refractivity contribution is 0.282. The Bertz CT molecular complexity index is 727. The number of nitrogen functional groups attached to an aromatic ring is 1. The molecule has 0 aliphatic heterocycles. The van der Waals surface area contributed by atoms with Crippen molar-refractivity contribution < 1.29 is 18.3 Å². The van der Waals surface area contributed by atoms with Crippen LogP contribution in [0, 0.1) is 0 Å². The third-order valence-corrected chi connectivity index (χ3v) is 4.29. The van der Waals surface area contributed by atoms with E-state index in [1.54, 1.807) is 24.3 Å². The molecule has 2 aromatic carbocycles. The van der Waals surface area contributed by atoms with Crippen LogP contribution in [0.5, 0.6) is 5.75 Å². The summed E-state index contributed by atoms with van der Waals surface area (Å²) in [5.41, 5.74) is 7.12. The summed E-state index contributed by atoms with van der Waals surface area (Å²) in [6.45, 7) is -0.0984. The number of sulfonamides is 1. The molecule has 0 saturated carbocycles. The Labute approximate surface area is 123 Å². The molecule has 0 spiro atoms. The van der Waals surface area contributed by atoms with Crippen molar-refractivity contribution in [1.29, 1.82) is 0 Å². The highest BCUT2D eigenvalue weighted by Crippen LogP contribution is 2.27. The predicted molar refractivity (Wildman–Crippen MR) is 80.6 cm³/mol. The van der Waals surface area contributed by atoms with Crippen LogP contribution in [0.25, 0.3) is 0 Å². The molecule has 0 aliphatic carbocycles. The summed E-state index contributed by atoms with van der Waals surface area (Å²) in [7, 11) is -2.41. The Morgan fingerprint density at radius 2 is 1.86 bits per heavy atom. The molecule has 112 valence electrons. The number of nitrogens with one attached hydrogen (secondary N) is 1. The van der Waals surface area contributed by atoms with E-state index in [2.05, 4.69) is 4.72 Å². The highest BCUT2D eigenvalue weighted by Gasteiger charge is 2.19. The number of nitrogens with two attached hydrogens (primary N) is 1. The number of aliphatic hydroxyl groups excluding tert-OH is 1. The molecule has 0 bridgehead atoms. The van der Waals surface area contributed by atoms with Crippen LogP contribution in [0.3, 0.4) is 0 Å². The van der Waals surface area contributed by atoms with E-state index in [0.29, 0.717) is 16.9 Å². The van der Waals surface area contributed by atoms with Crippen LogP contribution in [0.4, 0.5) is 11.4 Å². The second-order valence-corrected chi connectivity index (χ2v) is 6.02. The molecular formula is C14H16N2O4S. The molecule has 6 nitrogen and oxygen atoms in total. The van der Waals surface area contributed by atoms with E-state index < -0.39 is 10.0 Å². The van der Waals surface area contributed by atoms with Gasteiger partial charge >= 0.3 is 0 Å². The van der Waals surface area contributed by atoms with E-state index in [1.807, 2.05) is 0 Å². The van der Waals surface area contributed by atoms with Crippen molar-refractivity contribution in [3.63, 3.8) is 0 Å². The molecule has 0 amide bonds. The summed E-state index contributed by atoms with van der Waals surface area (Å²) >= 11 is 0. The summed E-state index contributed by atoms with van der Waals surface area (Å²) < 4.78 is 32.2. The SMILES string of the molecule is COc1cc(N)ccc1S(=O)(=O)Nc1ccc(CO)cc1. The third kappa shape index (κ3) is 3.45. The van der Waals surface area contributed by atoms with Crippen molar-refractivity contribution >= 4 is 21.4 Å². The van der Waals surface area contributed by atoms with Gasteiger partial charge in [-0.15, -0.1) is 0 Å². The van der Waals surface area contributed by atoms with E-state index in [1.165, 1.54) is 25.3 Å². The maximum Gasteiger partial charge on any atom is 0.265 e. The summed E-state index contributed by atoms with van der Waals surface area (Å²) in [5, 5.41) is 8.97. The number of benzene rings is 2. The fourth-order valence-corrected chi connectivity index (χ4v) is 3.01. The fourth-order valence-electron chi connectivity index (χ4n) is 1.79. The molecule has 0 unspecified atom stereocenters. The Morgan fingerprint density at radius 3 is 2.43 bits per heavy atom. The maximum absolute atomic E-state index is 12.4. The molecule has 0 aromatic heterocycles. The number of anilines is 2. The van der Waals surface area contributed by atoms with Crippen LogP contribution in [-0.4, -0.2) is 20.6 Å². The van der Waals surface area contributed by atoms with Crippen LogP contribution < -0.4 is 15.2 Å². The standard InChI is InChI=1S/C14H16N2O4S/c1-20-13-8-11(15)4-7-14(13)21(18,19)16-12-5-2-10(9-17)3-6-12/h2-8,16-17H,9,15H2,1H3. The lowest BCUT2D eigenvalue weighted by Crippen LogP contribution is -2.14. The minimum atomic E-state index is -3.79. The molecule has 0 aliphatic rings. The summed E-state index contributed by atoms with van der Waals surface area (Å²) in [6, 6.07) is 10.8. The second-order valence-electron chi connectivity index (χ2n) is 4.37. The van der Waals surface area contributed by atoms with Crippen molar-refractivity contribution in [3.05, 3.63) is 48.0 Å². The minimum absolute atomic E-state index is 0.00503. The van der Waals surface area contributed by atoms with Gasteiger partial charge in [-0.2, -0.15) is 0 Å². The van der Waals surface area contributed by atoms with Gasteiger partial charge < -0.3 is 15.6 Å². The first-order valence-corrected chi connectivity index (χ1v) is 7.60. The van der Waals surface area contributed by atoms with Crippen molar-refractivity contribution in [2.24, 2.45) is 0 Å². The lowest BCUT2D eigenvalue weighted by atomic mass is 10.2. The smallest absolute Gasteiger partial charge is 0.265 e. The Balaban J connectivity index is 2.33. The van der Waals surface area contributed by atoms with Crippen molar-refractivity contribution in [2.75, 3.05) is 17.6 Å². The minimum Gasteiger partial charge on any atom is -0.495 e. The average molecular weight is 308 g/mol. The van der Waals surface area contributed by atoms with Gasteiger partial charge in [-0.05, 0) is 29.8 Å². The largest absolute Gasteiger partial charge is 0.495 e. The van der Waals surface area contributed by atoms with Gasteiger partial charge in [0.1, 0.15) is 10.6 Å². The monoisotopic (exact) mass is 308 g/mol. The topological polar surface area (TPSA) is 102 Å². The van der Waals surface area contributed by atoms with Crippen LogP contribution in [0.1, 0.15) is 5.56 Å². The average Bonchev–Trinajstić information content (AvgIpc) is 2.47. The van der Waals surface area contributed by atoms with Gasteiger partial charge in [0.05, 0.1) is 13.7 Å². The van der Waals surface area contributed by atoms with Gasteiger partial charge in [0.25, 0.3) is 10.0 Å². The molecule has 0 saturated heterocycles. The number of hydrogen-bond donors (Lipinski definition) is 3. The molecule has 7 heteroatoms. The molecule has 0 heterocycles. The van der Waals surface area contributed by atoms with E-state index in [4.69, 9.17) is 15.6 Å². The summed E-state index contributed by atoms with van der Waals surface area (Å²) in [6.07, 6.45) is 0. The van der Waals surface area contributed by atoms with E-state index in [0.717, 1.165) is 0 Å². The van der Waals surface area contributed by atoms with Crippen LogP contribution in [0.15, 0.2) is 47.4 Å². The van der Waals surface area contributed by atoms with Crippen LogP contribution in [-0.2, 0) is 16.6 Å². The normalized spacial score (nSPS) is 11.1. The molecule has 2 rings (SSSR count). The highest BCUT2D eigenvalue weighted by molar-refractivity contribution is 7.92. The van der Waals surface area contributed by atoms with Crippen LogP contribution in [0.2, 0.25) is 0 Å². The number of hydrogen-bond acceptors (Lipinski definition) is 5. The number of rotatable bonds is 5. The first-order chi connectivity index (χ1) is 9.96. The molecular weight excluding hydrogens is 292 g/mol. The Morgan fingerprint density at radius 1 is 1.19 bits per heavy atom. The summed E-state index contributed by atoms with van der Waals surface area (Å²) in [5.74, 6) is 0.175. The van der Waals surface area contributed by atoms with Crippen molar-refractivity contribution in [1.82, 2.24) is 0 Å². The number of methoxy groups -OCH3 is 1. The van der Waals surface area contributed by atoms with E-state index >= 15 is 0 Å². The Hall–Kier alpha value is -2.25. The summed E-state index contributed by atoms with van der Waals surface area (Å²) in [4.78, 5) is 0.00503. The quantitative estimate of drug-likeness (QED) is 0.728. The highest BCUT2D eigenvalue weighted by atomic mass is 32.2. The zero-order valence-corrected chi connectivity index (χ0v) is 12.2. The molecule has 0 atom stereocenters. The fraction of sp³-hybridized carbons (Fsp3) is 0.143. The van der Waals surface area contributed by atoms with E-state index in [9.17, 15) is 8.42 Å². The molecule has 0 radical (unpaired) electrons. The first-order valence-electron chi connectivity index (χ1n) is 6.12. The van der Waals surface area contributed by atoms with E-state index in [-0.39, 0.29) is 17.3 Å². The molecule has 0 fully saturated rings.